The normalized spacial score (nSPS) is 12.0. The average molecular weight is 389 g/mol. The number of aldehydes is 1. The Labute approximate surface area is 151 Å². The van der Waals surface area contributed by atoms with Crippen LogP contribution in [0.5, 0.6) is 0 Å². The second kappa shape index (κ2) is 6.54. The molecule has 0 atom stereocenters. The van der Waals surface area contributed by atoms with Gasteiger partial charge in [-0.15, -0.1) is 0 Å². The lowest BCUT2D eigenvalue weighted by molar-refractivity contribution is 0.112. The summed E-state index contributed by atoms with van der Waals surface area (Å²) in [5.41, 5.74) is 1.21. The monoisotopic (exact) mass is 389 g/mol. The summed E-state index contributed by atoms with van der Waals surface area (Å²) in [7, 11) is -7.43. The lowest BCUT2D eigenvalue weighted by Gasteiger charge is -2.11. The predicted molar refractivity (Wildman–Crippen MR) is 97.4 cm³/mol. The maximum absolute atomic E-state index is 13.0. The van der Waals surface area contributed by atoms with Gasteiger partial charge in [-0.2, -0.15) is 0 Å². The van der Waals surface area contributed by atoms with Crippen LogP contribution in [0, 0.1) is 0 Å². The van der Waals surface area contributed by atoms with E-state index in [-0.39, 0.29) is 15.4 Å². The third-order valence-corrected chi connectivity index (χ3v) is 6.64. The molecule has 0 N–H and O–H groups in total. The van der Waals surface area contributed by atoms with Crippen molar-refractivity contribution in [1.29, 1.82) is 0 Å². The molecular formula is C18H15NO5S2. The number of nitrogens with zero attached hydrogens (tertiary/aromatic N) is 1. The highest BCUT2D eigenvalue weighted by Gasteiger charge is 2.22. The van der Waals surface area contributed by atoms with E-state index < -0.39 is 19.9 Å². The molecule has 0 fully saturated rings. The Kier molecular flexibility index (Phi) is 4.55. The van der Waals surface area contributed by atoms with Gasteiger partial charge in [0, 0.05) is 18.0 Å². The number of aromatic nitrogens is 1. The zero-order valence-electron chi connectivity index (χ0n) is 13.7. The standard InChI is InChI=1S/C18H15NO5S2/c1-25(21,22)16-7-9-17(10-8-16)26(23,24)19-12-14(13-20)11-18(19)15-5-3-2-4-6-15/h2-13H,1H3. The molecule has 0 saturated heterocycles. The number of carbonyl (C=O) groups is 1. The molecule has 2 aromatic carbocycles. The molecule has 0 bridgehead atoms. The molecule has 1 aromatic heterocycles. The molecule has 0 aliphatic rings. The lowest BCUT2D eigenvalue weighted by atomic mass is 10.1. The number of rotatable bonds is 5. The van der Waals surface area contributed by atoms with Gasteiger partial charge in [0.2, 0.25) is 0 Å². The zero-order chi connectivity index (χ0) is 18.9. The van der Waals surface area contributed by atoms with Crippen LogP contribution in [0.2, 0.25) is 0 Å². The molecule has 6 nitrogen and oxygen atoms in total. The topological polar surface area (TPSA) is 90.3 Å². The van der Waals surface area contributed by atoms with Crippen molar-refractivity contribution in [2.45, 2.75) is 9.79 Å². The van der Waals surface area contributed by atoms with Crippen LogP contribution in [0.1, 0.15) is 10.4 Å². The molecule has 8 heteroatoms. The molecule has 26 heavy (non-hydrogen) atoms. The first-order valence-corrected chi connectivity index (χ1v) is 10.9. The molecule has 134 valence electrons. The molecule has 1 heterocycles. The van der Waals surface area contributed by atoms with Crippen molar-refractivity contribution in [3.8, 4) is 11.3 Å². The first kappa shape index (κ1) is 18.1. The molecule has 0 radical (unpaired) electrons. The van der Waals surface area contributed by atoms with Crippen LogP contribution in [-0.4, -0.2) is 33.3 Å². The molecule has 0 spiro atoms. The second-order valence-electron chi connectivity index (χ2n) is 5.69. The average Bonchev–Trinajstić information content (AvgIpc) is 3.07. The van der Waals surface area contributed by atoms with Crippen LogP contribution < -0.4 is 0 Å². The molecular weight excluding hydrogens is 374 g/mol. The van der Waals surface area contributed by atoms with Crippen molar-refractivity contribution in [2.24, 2.45) is 0 Å². The molecule has 3 aromatic rings. The SMILES string of the molecule is CS(=O)(=O)c1ccc(S(=O)(=O)n2cc(C=O)cc2-c2ccccc2)cc1. The van der Waals surface area contributed by atoms with Gasteiger partial charge in [-0.3, -0.25) is 4.79 Å². The van der Waals surface area contributed by atoms with Crippen LogP contribution in [-0.2, 0) is 19.9 Å². The lowest BCUT2D eigenvalue weighted by Crippen LogP contribution is -2.13. The first-order chi connectivity index (χ1) is 12.2. The number of hydrogen-bond donors (Lipinski definition) is 0. The van der Waals surface area contributed by atoms with E-state index in [9.17, 15) is 21.6 Å². The Balaban J connectivity index is 2.16. The quantitative estimate of drug-likeness (QED) is 0.626. The first-order valence-electron chi connectivity index (χ1n) is 7.52. The van der Waals surface area contributed by atoms with Crippen molar-refractivity contribution >= 4 is 26.1 Å². The number of benzene rings is 2. The number of carbonyl (C=O) groups excluding carboxylic acids is 1. The number of hydrogen-bond acceptors (Lipinski definition) is 5. The van der Waals surface area contributed by atoms with Gasteiger partial charge in [-0.1, -0.05) is 30.3 Å². The van der Waals surface area contributed by atoms with Gasteiger partial charge in [0.25, 0.3) is 10.0 Å². The fourth-order valence-corrected chi connectivity index (χ4v) is 4.53. The van der Waals surface area contributed by atoms with Crippen molar-refractivity contribution in [3.63, 3.8) is 0 Å². The summed E-state index contributed by atoms with van der Waals surface area (Å²) in [5.74, 6) is 0. The Morgan fingerprint density at radius 3 is 1.96 bits per heavy atom. The minimum atomic E-state index is -4.01. The van der Waals surface area contributed by atoms with E-state index in [0.717, 1.165) is 10.2 Å². The minimum absolute atomic E-state index is 0.0285. The summed E-state index contributed by atoms with van der Waals surface area (Å²) in [5, 5.41) is 0. The highest BCUT2D eigenvalue weighted by atomic mass is 32.2. The molecule has 0 saturated carbocycles. The van der Waals surface area contributed by atoms with Crippen LogP contribution in [0.15, 0.2) is 76.7 Å². The van der Waals surface area contributed by atoms with Gasteiger partial charge >= 0.3 is 0 Å². The van der Waals surface area contributed by atoms with Gasteiger partial charge in [0.15, 0.2) is 16.1 Å². The van der Waals surface area contributed by atoms with Crippen LogP contribution in [0.4, 0.5) is 0 Å². The summed E-state index contributed by atoms with van der Waals surface area (Å²) in [6, 6.07) is 15.3. The number of sulfone groups is 1. The van der Waals surface area contributed by atoms with Crippen LogP contribution in [0.3, 0.4) is 0 Å². The van der Waals surface area contributed by atoms with E-state index in [0.29, 0.717) is 17.5 Å². The highest BCUT2D eigenvalue weighted by molar-refractivity contribution is 7.91. The van der Waals surface area contributed by atoms with E-state index in [2.05, 4.69) is 0 Å². The minimum Gasteiger partial charge on any atom is -0.298 e. The molecule has 0 aliphatic carbocycles. The summed E-state index contributed by atoms with van der Waals surface area (Å²) in [4.78, 5) is 11.1. The van der Waals surface area contributed by atoms with Gasteiger partial charge in [0.1, 0.15) is 0 Å². The van der Waals surface area contributed by atoms with Crippen LogP contribution in [0.25, 0.3) is 11.3 Å². The van der Waals surface area contributed by atoms with Gasteiger partial charge in [-0.25, -0.2) is 20.8 Å². The van der Waals surface area contributed by atoms with Gasteiger partial charge in [-0.05, 0) is 35.9 Å². The van der Waals surface area contributed by atoms with Gasteiger partial charge in [0.05, 0.1) is 15.5 Å². The Hall–Kier alpha value is -2.71. The van der Waals surface area contributed by atoms with E-state index >= 15 is 0 Å². The van der Waals surface area contributed by atoms with E-state index in [1.54, 1.807) is 30.3 Å². The molecule has 3 rings (SSSR count). The maximum Gasteiger partial charge on any atom is 0.268 e. The smallest absolute Gasteiger partial charge is 0.268 e. The van der Waals surface area contributed by atoms with Crippen molar-refractivity contribution in [2.75, 3.05) is 6.26 Å². The summed E-state index contributed by atoms with van der Waals surface area (Å²) in [6.07, 6.45) is 2.87. The van der Waals surface area contributed by atoms with Crippen LogP contribution >= 0.6 is 0 Å². The molecule has 0 aliphatic heterocycles. The van der Waals surface area contributed by atoms with Crippen molar-refractivity contribution in [1.82, 2.24) is 3.97 Å². The zero-order valence-corrected chi connectivity index (χ0v) is 15.4. The summed E-state index contributed by atoms with van der Waals surface area (Å²) < 4.78 is 50.2. The third kappa shape index (κ3) is 3.33. The predicted octanol–water partition coefficient (Wildman–Crippen LogP) is 2.61. The van der Waals surface area contributed by atoms with Gasteiger partial charge < -0.3 is 0 Å². The fourth-order valence-electron chi connectivity index (χ4n) is 2.52. The fraction of sp³-hybridized carbons (Fsp3) is 0.0556. The van der Waals surface area contributed by atoms with Crippen molar-refractivity contribution in [3.05, 3.63) is 72.4 Å². The van der Waals surface area contributed by atoms with E-state index in [1.807, 2.05) is 0 Å². The Morgan fingerprint density at radius 1 is 0.846 bits per heavy atom. The Morgan fingerprint density at radius 2 is 1.42 bits per heavy atom. The van der Waals surface area contributed by atoms with Crippen molar-refractivity contribution < 1.29 is 21.6 Å². The summed E-state index contributed by atoms with van der Waals surface area (Å²) >= 11 is 0. The second-order valence-corrected chi connectivity index (χ2v) is 9.52. The maximum atomic E-state index is 13.0. The highest BCUT2D eigenvalue weighted by Crippen LogP contribution is 2.27. The Bertz CT molecular complexity index is 1160. The van der Waals surface area contributed by atoms with E-state index in [4.69, 9.17) is 0 Å². The van der Waals surface area contributed by atoms with E-state index in [1.165, 1.54) is 36.5 Å². The summed E-state index contributed by atoms with van der Waals surface area (Å²) in [6.45, 7) is 0. The third-order valence-electron chi connectivity index (χ3n) is 3.82. The largest absolute Gasteiger partial charge is 0.298 e. The molecule has 0 unspecified atom stereocenters. The molecule has 0 amide bonds.